The molecule has 0 spiro atoms. The van der Waals surface area contributed by atoms with Gasteiger partial charge in [-0.3, -0.25) is 14.8 Å². The lowest BCUT2D eigenvalue weighted by molar-refractivity contribution is 0.0706. The zero-order chi connectivity index (χ0) is 19.7. The lowest BCUT2D eigenvalue weighted by Gasteiger charge is -2.32. The standard InChI is InChI=1S/C21H23N5O2/c1-13-11-24-19(12-23-13)21(27)26-8-5-16(6-9-26)17-4-7-22-18(10-17)20-14(2)25-28-15(20)3/h4,7,10-12,16H,5-6,8-9H2,1-3H3. The highest BCUT2D eigenvalue weighted by Gasteiger charge is 2.26. The van der Waals surface area contributed by atoms with Crippen molar-refractivity contribution in [1.29, 1.82) is 0 Å². The van der Waals surface area contributed by atoms with Crippen LogP contribution in [0.25, 0.3) is 11.3 Å². The van der Waals surface area contributed by atoms with Crippen molar-refractivity contribution in [2.45, 2.75) is 39.5 Å². The van der Waals surface area contributed by atoms with Crippen LogP contribution in [0.15, 0.2) is 35.2 Å². The third kappa shape index (κ3) is 3.52. The van der Waals surface area contributed by atoms with Gasteiger partial charge in [-0.05, 0) is 57.2 Å². The summed E-state index contributed by atoms with van der Waals surface area (Å²) in [5, 5.41) is 4.03. The van der Waals surface area contributed by atoms with Crippen molar-refractivity contribution in [3.05, 3.63) is 59.1 Å². The Kier molecular flexibility index (Phi) is 4.90. The predicted molar refractivity (Wildman–Crippen MR) is 104 cm³/mol. The number of likely N-dealkylation sites (tertiary alicyclic amines) is 1. The van der Waals surface area contributed by atoms with Crippen LogP contribution in [0.4, 0.5) is 0 Å². The first kappa shape index (κ1) is 18.3. The smallest absolute Gasteiger partial charge is 0.274 e. The van der Waals surface area contributed by atoms with E-state index in [2.05, 4.69) is 32.2 Å². The Balaban J connectivity index is 1.46. The Bertz CT molecular complexity index is 969. The van der Waals surface area contributed by atoms with Crippen molar-refractivity contribution in [2.24, 2.45) is 0 Å². The van der Waals surface area contributed by atoms with E-state index in [1.165, 1.54) is 5.56 Å². The number of pyridine rings is 1. The van der Waals surface area contributed by atoms with Crippen LogP contribution in [-0.4, -0.2) is 44.0 Å². The average Bonchev–Trinajstić information content (AvgIpc) is 3.06. The van der Waals surface area contributed by atoms with Crippen molar-refractivity contribution in [3.8, 4) is 11.3 Å². The zero-order valence-corrected chi connectivity index (χ0v) is 16.3. The third-order valence-corrected chi connectivity index (χ3v) is 5.33. The molecule has 3 aromatic rings. The second-order valence-corrected chi connectivity index (χ2v) is 7.28. The number of amides is 1. The summed E-state index contributed by atoms with van der Waals surface area (Å²) in [6, 6.07) is 4.19. The molecule has 7 heteroatoms. The molecule has 1 aliphatic rings. The second-order valence-electron chi connectivity index (χ2n) is 7.28. The van der Waals surface area contributed by atoms with E-state index in [4.69, 9.17) is 4.52 Å². The summed E-state index contributed by atoms with van der Waals surface area (Å²) in [6.07, 6.45) is 6.86. The molecule has 0 bridgehead atoms. The maximum absolute atomic E-state index is 12.6. The van der Waals surface area contributed by atoms with Gasteiger partial charge in [0.1, 0.15) is 11.5 Å². The Morgan fingerprint density at radius 3 is 2.54 bits per heavy atom. The first-order valence-electron chi connectivity index (χ1n) is 9.50. The van der Waals surface area contributed by atoms with Gasteiger partial charge in [0, 0.05) is 25.5 Å². The van der Waals surface area contributed by atoms with E-state index in [1.54, 1.807) is 12.4 Å². The normalized spacial score (nSPS) is 15.0. The summed E-state index contributed by atoms with van der Waals surface area (Å²) in [5.74, 6) is 1.13. The van der Waals surface area contributed by atoms with Gasteiger partial charge in [-0.1, -0.05) is 5.16 Å². The van der Waals surface area contributed by atoms with Gasteiger partial charge in [0.05, 0.1) is 28.8 Å². The molecule has 0 radical (unpaired) electrons. The third-order valence-electron chi connectivity index (χ3n) is 5.33. The number of aromatic nitrogens is 4. The van der Waals surface area contributed by atoms with Gasteiger partial charge in [-0.25, -0.2) is 4.98 Å². The molecule has 1 fully saturated rings. The molecule has 28 heavy (non-hydrogen) atoms. The van der Waals surface area contributed by atoms with Gasteiger partial charge in [-0.2, -0.15) is 0 Å². The summed E-state index contributed by atoms with van der Waals surface area (Å²) in [4.78, 5) is 27.4. The van der Waals surface area contributed by atoms with Crippen LogP contribution in [0.5, 0.6) is 0 Å². The largest absolute Gasteiger partial charge is 0.361 e. The Morgan fingerprint density at radius 2 is 1.89 bits per heavy atom. The van der Waals surface area contributed by atoms with Gasteiger partial charge < -0.3 is 9.42 Å². The molecular formula is C21H23N5O2. The van der Waals surface area contributed by atoms with Crippen molar-refractivity contribution in [3.63, 3.8) is 0 Å². The molecule has 0 atom stereocenters. The maximum Gasteiger partial charge on any atom is 0.274 e. The van der Waals surface area contributed by atoms with Crippen molar-refractivity contribution >= 4 is 5.91 Å². The number of rotatable bonds is 3. The van der Waals surface area contributed by atoms with E-state index in [9.17, 15) is 4.79 Å². The van der Waals surface area contributed by atoms with Gasteiger partial charge in [-0.15, -0.1) is 0 Å². The van der Waals surface area contributed by atoms with Crippen molar-refractivity contribution in [2.75, 3.05) is 13.1 Å². The van der Waals surface area contributed by atoms with E-state index in [-0.39, 0.29) is 5.91 Å². The lowest BCUT2D eigenvalue weighted by Crippen LogP contribution is -2.38. The van der Waals surface area contributed by atoms with E-state index < -0.39 is 0 Å². The highest BCUT2D eigenvalue weighted by Crippen LogP contribution is 2.32. The topological polar surface area (TPSA) is 85.0 Å². The van der Waals surface area contributed by atoms with Gasteiger partial charge >= 0.3 is 0 Å². The van der Waals surface area contributed by atoms with Gasteiger partial charge in [0.25, 0.3) is 5.91 Å². The maximum atomic E-state index is 12.6. The fourth-order valence-electron chi connectivity index (χ4n) is 3.77. The van der Waals surface area contributed by atoms with Crippen LogP contribution in [0.1, 0.15) is 52.0 Å². The minimum Gasteiger partial charge on any atom is -0.361 e. The number of nitrogens with zero attached hydrogens (tertiary/aromatic N) is 5. The number of hydrogen-bond acceptors (Lipinski definition) is 6. The highest BCUT2D eigenvalue weighted by molar-refractivity contribution is 5.92. The van der Waals surface area contributed by atoms with E-state index in [1.807, 2.05) is 31.9 Å². The molecule has 3 aromatic heterocycles. The summed E-state index contributed by atoms with van der Waals surface area (Å²) < 4.78 is 5.28. The number of carbonyl (C=O) groups excluding carboxylic acids is 1. The molecule has 4 rings (SSSR count). The Labute approximate surface area is 163 Å². The summed E-state index contributed by atoms with van der Waals surface area (Å²) in [5.41, 5.74) is 5.17. The van der Waals surface area contributed by atoms with Crippen LogP contribution >= 0.6 is 0 Å². The number of hydrogen-bond donors (Lipinski definition) is 0. The quantitative estimate of drug-likeness (QED) is 0.695. The van der Waals surface area contributed by atoms with E-state index in [0.717, 1.165) is 41.2 Å². The molecule has 0 N–H and O–H groups in total. The van der Waals surface area contributed by atoms with E-state index in [0.29, 0.717) is 24.7 Å². The molecular weight excluding hydrogens is 354 g/mol. The van der Waals surface area contributed by atoms with Crippen molar-refractivity contribution < 1.29 is 9.32 Å². The Hall–Kier alpha value is -3.09. The summed E-state index contributed by atoms with van der Waals surface area (Å²) in [7, 11) is 0. The fourth-order valence-corrected chi connectivity index (χ4v) is 3.77. The molecule has 0 aromatic carbocycles. The number of aryl methyl sites for hydroxylation is 3. The number of carbonyl (C=O) groups is 1. The Morgan fingerprint density at radius 1 is 1.11 bits per heavy atom. The van der Waals surface area contributed by atoms with Crippen molar-refractivity contribution in [1.82, 2.24) is 25.0 Å². The molecule has 144 valence electrons. The average molecular weight is 377 g/mol. The number of piperidine rings is 1. The lowest BCUT2D eigenvalue weighted by atomic mass is 9.89. The monoisotopic (exact) mass is 377 g/mol. The molecule has 1 aliphatic heterocycles. The molecule has 0 aliphatic carbocycles. The first-order valence-corrected chi connectivity index (χ1v) is 9.50. The van der Waals surface area contributed by atoms with Gasteiger partial charge in [0.2, 0.25) is 0 Å². The molecule has 1 amide bonds. The van der Waals surface area contributed by atoms with E-state index >= 15 is 0 Å². The molecule has 4 heterocycles. The molecule has 0 unspecified atom stereocenters. The van der Waals surface area contributed by atoms with Crippen LogP contribution < -0.4 is 0 Å². The molecule has 0 saturated carbocycles. The van der Waals surface area contributed by atoms with Crippen LogP contribution in [0.3, 0.4) is 0 Å². The molecule has 1 saturated heterocycles. The van der Waals surface area contributed by atoms with Crippen LogP contribution in [0, 0.1) is 20.8 Å². The second kappa shape index (κ2) is 7.50. The zero-order valence-electron chi connectivity index (χ0n) is 16.3. The first-order chi connectivity index (χ1) is 13.5. The fraction of sp³-hybridized carbons (Fsp3) is 0.381. The van der Waals surface area contributed by atoms with Gasteiger partial charge in [0.15, 0.2) is 0 Å². The van der Waals surface area contributed by atoms with Crippen LogP contribution in [0.2, 0.25) is 0 Å². The molecule has 7 nitrogen and oxygen atoms in total. The highest BCUT2D eigenvalue weighted by atomic mass is 16.5. The minimum absolute atomic E-state index is 0.0444. The predicted octanol–water partition coefficient (Wildman–Crippen LogP) is 3.47. The minimum atomic E-state index is -0.0444. The SMILES string of the molecule is Cc1cnc(C(=O)N2CCC(c3ccnc(-c4c(C)noc4C)c3)CC2)cn1. The summed E-state index contributed by atoms with van der Waals surface area (Å²) >= 11 is 0. The van der Waals surface area contributed by atoms with Crippen LogP contribution in [-0.2, 0) is 0 Å². The summed E-state index contributed by atoms with van der Waals surface area (Å²) in [6.45, 7) is 7.11.